The Hall–Kier alpha value is -1.22. The Morgan fingerprint density at radius 3 is 2.46 bits per heavy atom. The van der Waals surface area contributed by atoms with E-state index in [4.69, 9.17) is 4.74 Å². The van der Waals surface area contributed by atoms with Gasteiger partial charge < -0.3 is 14.9 Å². The van der Waals surface area contributed by atoms with Crippen molar-refractivity contribution < 1.29 is 14.9 Å². The molecule has 1 aromatic carbocycles. The zero-order valence-corrected chi connectivity index (χ0v) is 8.03. The van der Waals surface area contributed by atoms with E-state index in [2.05, 4.69) is 0 Å². The number of aliphatic hydroxyl groups excluding tert-OH is 1. The Morgan fingerprint density at radius 2 is 2.00 bits per heavy atom. The normalized spacial score (nSPS) is 12.6. The van der Waals surface area contributed by atoms with Gasteiger partial charge in [0.05, 0.1) is 13.2 Å². The lowest BCUT2D eigenvalue weighted by molar-refractivity contribution is 0.194. The van der Waals surface area contributed by atoms with E-state index in [-0.39, 0.29) is 5.75 Å². The highest BCUT2D eigenvalue weighted by Gasteiger charge is 2.11. The third-order valence-corrected chi connectivity index (χ3v) is 1.99. The van der Waals surface area contributed by atoms with Gasteiger partial charge in [0.25, 0.3) is 0 Å². The predicted molar refractivity (Wildman–Crippen MR) is 50.0 cm³/mol. The van der Waals surface area contributed by atoms with Crippen molar-refractivity contribution in [2.24, 2.45) is 0 Å². The maximum Gasteiger partial charge on any atom is 0.124 e. The van der Waals surface area contributed by atoms with Crippen molar-refractivity contribution in [2.75, 3.05) is 7.11 Å². The summed E-state index contributed by atoms with van der Waals surface area (Å²) in [7, 11) is 1.55. The zero-order valence-electron chi connectivity index (χ0n) is 8.03. The fourth-order valence-corrected chi connectivity index (χ4v) is 1.21. The van der Waals surface area contributed by atoms with Gasteiger partial charge >= 0.3 is 0 Å². The number of aromatic hydroxyl groups is 1. The number of ether oxygens (including phenoxy) is 1. The minimum atomic E-state index is -0.686. The van der Waals surface area contributed by atoms with E-state index in [1.807, 2.05) is 0 Å². The van der Waals surface area contributed by atoms with Gasteiger partial charge in [-0.15, -0.1) is 0 Å². The van der Waals surface area contributed by atoms with Crippen LogP contribution >= 0.6 is 0 Å². The Kier molecular flexibility index (Phi) is 2.78. The molecule has 1 rings (SSSR count). The van der Waals surface area contributed by atoms with Crippen LogP contribution in [0.25, 0.3) is 0 Å². The summed E-state index contributed by atoms with van der Waals surface area (Å²) in [5.41, 5.74) is 1.20. The molecule has 0 bridgehead atoms. The highest BCUT2D eigenvalue weighted by atomic mass is 16.5. The summed E-state index contributed by atoms with van der Waals surface area (Å²) in [6, 6.07) is 3.36. The number of rotatable bonds is 2. The number of benzene rings is 1. The van der Waals surface area contributed by atoms with Gasteiger partial charge in [-0.2, -0.15) is 0 Å². The molecule has 0 spiro atoms. The first-order valence-electron chi connectivity index (χ1n) is 4.11. The smallest absolute Gasteiger partial charge is 0.124 e. The second kappa shape index (κ2) is 3.66. The first kappa shape index (κ1) is 9.86. The van der Waals surface area contributed by atoms with Gasteiger partial charge in [0.1, 0.15) is 11.5 Å². The van der Waals surface area contributed by atoms with Gasteiger partial charge in [0.15, 0.2) is 0 Å². The fourth-order valence-electron chi connectivity index (χ4n) is 1.21. The first-order valence-corrected chi connectivity index (χ1v) is 4.11. The maximum absolute atomic E-state index is 9.57. The largest absolute Gasteiger partial charge is 0.507 e. The summed E-state index contributed by atoms with van der Waals surface area (Å²) in [6.45, 7) is 3.37. The molecule has 3 heteroatoms. The Morgan fingerprint density at radius 1 is 1.38 bits per heavy atom. The second-order valence-corrected chi connectivity index (χ2v) is 3.06. The second-order valence-electron chi connectivity index (χ2n) is 3.06. The van der Waals surface area contributed by atoms with E-state index >= 15 is 0 Å². The van der Waals surface area contributed by atoms with Gasteiger partial charge in [-0.3, -0.25) is 0 Å². The molecule has 1 atom stereocenters. The third-order valence-electron chi connectivity index (χ3n) is 1.99. The van der Waals surface area contributed by atoms with E-state index in [1.165, 1.54) is 0 Å². The van der Waals surface area contributed by atoms with Gasteiger partial charge in [-0.05, 0) is 31.5 Å². The Bertz CT molecular complexity index is 305. The summed E-state index contributed by atoms with van der Waals surface area (Å²) in [6.07, 6.45) is -0.686. The molecule has 2 N–H and O–H groups in total. The average molecular weight is 182 g/mol. The first-order chi connectivity index (χ1) is 6.06. The van der Waals surface area contributed by atoms with Crippen molar-refractivity contribution >= 4 is 0 Å². The molecule has 0 aliphatic rings. The topological polar surface area (TPSA) is 49.7 Å². The molecule has 0 aliphatic heterocycles. The number of aliphatic hydroxyl groups is 1. The highest BCUT2D eigenvalue weighted by Crippen LogP contribution is 2.31. The average Bonchev–Trinajstić information content (AvgIpc) is 2.09. The molecule has 0 saturated carbocycles. The summed E-state index contributed by atoms with van der Waals surface area (Å²) >= 11 is 0. The van der Waals surface area contributed by atoms with Crippen LogP contribution in [0.2, 0.25) is 0 Å². The molecule has 13 heavy (non-hydrogen) atoms. The molecule has 1 aromatic rings. The maximum atomic E-state index is 9.57. The SMILES string of the molecule is COc1cc(C)c(O)c(C(C)O)c1. The van der Waals surface area contributed by atoms with E-state index in [9.17, 15) is 10.2 Å². The number of aryl methyl sites for hydroxylation is 1. The van der Waals surface area contributed by atoms with Crippen LogP contribution in [-0.4, -0.2) is 17.3 Å². The van der Waals surface area contributed by atoms with Crippen LogP contribution < -0.4 is 4.74 Å². The van der Waals surface area contributed by atoms with E-state index < -0.39 is 6.10 Å². The summed E-state index contributed by atoms with van der Waals surface area (Å²) < 4.78 is 5.02. The minimum Gasteiger partial charge on any atom is -0.507 e. The Labute approximate surface area is 77.6 Å². The van der Waals surface area contributed by atoms with Crippen LogP contribution in [0.4, 0.5) is 0 Å². The number of phenolic OH excluding ortho intramolecular Hbond substituents is 1. The lowest BCUT2D eigenvalue weighted by Crippen LogP contribution is -1.95. The quantitative estimate of drug-likeness (QED) is 0.732. The molecule has 0 heterocycles. The lowest BCUT2D eigenvalue weighted by atomic mass is 10.1. The zero-order chi connectivity index (χ0) is 10.0. The fraction of sp³-hybridized carbons (Fsp3) is 0.400. The van der Waals surface area contributed by atoms with Crippen LogP contribution in [-0.2, 0) is 0 Å². The van der Waals surface area contributed by atoms with Crippen molar-refractivity contribution in [1.29, 1.82) is 0 Å². The van der Waals surface area contributed by atoms with Gasteiger partial charge in [-0.25, -0.2) is 0 Å². The molecule has 3 nitrogen and oxygen atoms in total. The monoisotopic (exact) mass is 182 g/mol. The summed E-state index contributed by atoms with van der Waals surface area (Å²) in [5.74, 6) is 0.780. The van der Waals surface area contributed by atoms with Crippen LogP contribution in [0.3, 0.4) is 0 Å². The third kappa shape index (κ3) is 1.92. The molecule has 0 radical (unpaired) electrons. The molecule has 0 saturated heterocycles. The van der Waals surface area contributed by atoms with Crippen LogP contribution in [0.5, 0.6) is 11.5 Å². The van der Waals surface area contributed by atoms with Crippen molar-refractivity contribution in [3.8, 4) is 11.5 Å². The number of hydrogen-bond acceptors (Lipinski definition) is 3. The lowest BCUT2D eigenvalue weighted by Gasteiger charge is -2.11. The van der Waals surface area contributed by atoms with Gasteiger partial charge in [0.2, 0.25) is 0 Å². The van der Waals surface area contributed by atoms with Crippen LogP contribution in [0.15, 0.2) is 12.1 Å². The molecule has 0 amide bonds. The molecular weight excluding hydrogens is 168 g/mol. The summed E-state index contributed by atoms with van der Waals surface area (Å²) in [5, 5.41) is 18.9. The predicted octanol–water partition coefficient (Wildman–Crippen LogP) is 1.76. The summed E-state index contributed by atoms with van der Waals surface area (Å²) in [4.78, 5) is 0. The molecule has 0 fully saturated rings. The van der Waals surface area contributed by atoms with Crippen molar-refractivity contribution in [3.05, 3.63) is 23.3 Å². The van der Waals surface area contributed by atoms with Gasteiger partial charge in [0, 0.05) is 5.56 Å². The molecule has 0 aliphatic carbocycles. The molecule has 72 valence electrons. The number of phenols is 1. The molecular formula is C10H14O3. The van der Waals surface area contributed by atoms with Crippen molar-refractivity contribution in [1.82, 2.24) is 0 Å². The van der Waals surface area contributed by atoms with E-state index in [0.29, 0.717) is 16.9 Å². The minimum absolute atomic E-state index is 0.135. The Balaban J connectivity index is 3.25. The van der Waals surface area contributed by atoms with Gasteiger partial charge in [-0.1, -0.05) is 0 Å². The number of hydrogen-bond donors (Lipinski definition) is 2. The van der Waals surface area contributed by atoms with Crippen LogP contribution in [0.1, 0.15) is 24.2 Å². The van der Waals surface area contributed by atoms with E-state index in [1.54, 1.807) is 33.1 Å². The standard InChI is InChI=1S/C10H14O3/c1-6-4-8(13-3)5-9(7(2)11)10(6)12/h4-5,7,11-12H,1-3H3. The van der Waals surface area contributed by atoms with Crippen molar-refractivity contribution in [3.63, 3.8) is 0 Å². The van der Waals surface area contributed by atoms with E-state index in [0.717, 1.165) is 0 Å². The van der Waals surface area contributed by atoms with Crippen molar-refractivity contribution in [2.45, 2.75) is 20.0 Å². The number of methoxy groups -OCH3 is 1. The molecule has 1 unspecified atom stereocenters. The molecule has 0 aromatic heterocycles. The highest BCUT2D eigenvalue weighted by molar-refractivity contribution is 5.46. The van der Waals surface area contributed by atoms with Crippen LogP contribution in [0, 0.1) is 6.92 Å².